The Morgan fingerprint density at radius 3 is 2.71 bits per heavy atom. The molecule has 0 spiro atoms. The van der Waals surface area contributed by atoms with E-state index in [-0.39, 0.29) is 18.7 Å². The molecular weight excluding hydrogens is 409 g/mol. The maximum absolute atomic E-state index is 13.9. The van der Waals surface area contributed by atoms with Crippen LogP contribution in [0.5, 0.6) is 0 Å². The van der Waals surface area contributed by atoms with Crippen LogP contribution >= 0.6 is 0 Å². The van der Waals surface area contributed by atoms with Gasteiger partial charge >= 0.3 is 5.69 Å². The molecule has 0 saturated heterocycles. The highest BCUT2D eigenvalue weighted by molar-refractivity contribution is 5.80. The minimum atomic E-state index is -0.803. The van der Waals surface area contributed by atoms with Gasteiger partial charge in [-0.25, -0.2) is 22.6 Å². The maximum atomic E-state index is 13.9. The predicted octanol–water partition coefficient (Wildman–Crippen LogP) is 3.09. The van der Waals surface area contributed by atoms with Gasteiger partial charge < -0.3 is 5.32 Å². The molecule has 1 aromatic heterocycles. The minimum Gasteiger partial charge on any atom is -0.350 e. The lowest BCUT2D eigenvalue weighted by molar-refractivity contribution is -0.124. The highest BCUT2D eigenvalue weighted by Crippen LogP contribution is 2.22. The molecule has 0 aliphatic carbocycles. The van der Waals surface area contributed by atoms with Crippen LogP contribution < -0.4 is 11.0 Å². The molecule has 1 aliphatic rings. The molecule has 1 unspecified atom stereocenters. The first kappa shape index (κ1) is 20.9. The second-order valence-corrected chi connectivity index (χ2v) is 7.57. The number of carbonyl (C=O) groups excluding carboxylic acids is 1. The molecule has 1 aliphatic heterocycles. The van der Waals surface area contributed by atoms with Gasteiger partial charge in [0, 0.05) is 18.5 Å². The zero-order valence-electron chi connectivity index (χ0n) is 16.7. The van der Waals surface area contributed by atoms with E-state index in [0.29, 0.717) is 24.2 Å². The van der Waals surface area contributed by atoms with Gasteiger partial charge in [0.15, 0.2) is 0 Å². The molecule has 0 radical (unpaired) electrons. The molecule has 0 saturated carbocycles. The van der Waals surface area contributed by atoms with Gasteiger partial charge in [-0.05, 0) is 48.7 Å². The van der Waals surface area contributed by atoms with Crippen LogP contribution in [-0.4, -0.2) is 20.3 Å². The van der Waals surface area contributed by atoms with E-state index < -0.39 is 35.1 Å². The molecule has 0 fully saturated rings. The Morgan fingerprint density at radius 2 is 1.90 bits per heavy atom. The number of nitrogens with zero attached hydrogens (tertiary/aromatic N) is 3. The van der Waals surface area contributed by atoms with Gasteiger partial charge in [0.1, 0.15) is 29.3 Å². The van der Waals surface area contributed by atoms with Crippen molar-refractivity contribution in [3.8, 4) is 0 Å². The summed E-state index contributed by atoms with van der Waals surface area (Å²) in [5, 5.41) is 6.97. The lowest BCUT2D eigenvalue weighted by Gasteiger charge is -2.17. The van der Waals surface area contributed by atoms with Crippen molar-refractivity contribution in [3.05, 3.63) is 87.4 Å². The van der Waals surface area contributed by atoms with Crippen molar-refractivity contribution < 1.29 is 18.0 Å². The Labute approximate surface area is 176 Å². The Bertz CT molecular complexity index is 1170. The number of aromatic nitrogens is 3. The molecule has 162 valence electrons. The van der Waals surface area contributed by atoms with Crippen LogP contribution in [0.1, 0.15) is 42.3 Å². The van der Waals surface area contributed by atoms with Crippen LogP contribution in [0.4, 0.5) is 13.2 Å². The summed E-state index contributed by atoms with van der Waals surface area (Å²) in [5.74, 6) is -1.61. The summed E-state index contributed by atoms with van der Waals surface area (Å²) in [4.78, 5) is 25.9. The number of fused-ring (bicyclic) bond motifs is 1. The fraction of sp³-hybridized carbons (Fsp3) is 0.318. The zero-order valence-corrected chi connectivity index (χ0v) is 16.7. The maximum Gasteiger partial charge on any atom is 0.346 e. The Hall–Kier alpha value is -3.36. The van der Waals surface area contributed by atoms with Gasteiger partial charge in [-0.1, -0.05) is 18.6 Å². The Kier molecular flexibility index (Phi) is 5.92. The second kappa shape index (κ2) is 8.79. The van der Waals surface area contributed by atoms with Crippen LogP contribution in [0.3, 0.4) is 0 Å². The molecule has 2 aromatic carbocycles. The summed E-state index contributed by atoms with van der Waals surface area (Å²) in [5.41, 5.74) is 0.146. The van der Waals surface area contributed by atoms with Crippen LogP contribution in [0.25, 0.3) is 0 Å². The molecular formula is C22H21F3N4O2. The van der Waals surface area contributed by atoms with E-state index in [0.717, 1.165) is 31.0 Å². The number of rotatable bonds is 5. The van der Waals surface area contributed by atoms with E-state index in [4.69, 9.17) is 0 Å². The largest absolute Gasteiger partial charge is 0.350 e. The quantitative estimate of drug-likeness (QED) is 0.677. The van der Waals surface area contributed by atoms with E-state index in [2.05, 4.69) is 10.4 Å². The van der Waals surface area contributed by atoms with Crippen molar-refractivity contribution in [2.24, 2.45) is 0 Å². The SMILES string of the molecule is O=C(NCc1cc(F)ccc1F)C1CCCCc2nn(Cc3cccc(F)c3)c(=O)n21. The van der Waals surface area contributed by atoms with Gasteiger partial charge in [-0.15, -0.1) is 0 Å². The van der Waals surface area contributed by atoms with Crippen molar-refractivity contribution in [1.29, 1.82) is 0 Å². The van der Waals surface area contributed by atoms with E-state index in [1.54, 1.807) is 12.1 Å². The summed E-state index contributed by atoms with van der Waals surface area (Å²) in [6.45, 7) is -0.111. The fourth-order valence-corrected chi connectivity index (χ4v) is 3.84. The topological polar surface area (TPSA) is 68.9 Å². The monoisotopic (exact) mass is 430 g/mol. The number of aryl methyl sites for hydroxylation is 1. The smallest absolute Gasteiger partial charge is 0.346 e. The van der Waals surface area contributed by atoms with Crippen molar-refractivity contribution in [3.63, 3.8) is 0 Å². The molecule has 3 aromatic rings. The number of halogens is 3. The highest BCUT2D eigenvalue weighted by Gasteiger charge is 2.29. The van der Waals surface area contributed by atoms with Gasteiger partial charge in [0.25, 0.3) is 0 Å². The van der Waals surface area contributed by atoms with E-state index >= 15 is 0 Å². The number of amides is 1. The van der Waals surface area contributed by atoms with Crippen molar-refractivity contribution in [1.82, 2.24) is 19.7 Å². The third-order valence-corrected chi connectivity index (χ3v) is 5.37. The lowest BCUT2D eigenvalue weighted by Crippen LogP contribution is -2.38. The molecule has 1 N–H and O–H groups in total. The summed E-state index contributed by atoms with van der Waals surface area (Å²) in [6, 6.07) is 8.12. The third-order valence-electron chi connectivity index (χ3n) is 5.37. The van der Waals surface area contributed by atoms with Crippen LogP contribution in [0, 0.1) is 17.5 Å². The number of carbonyl (C=O) groups is 1. The number of nitrogens with one attached hydrogen (secondary N) is 1. The lowest BCUT2D eigenvalue weighted by atomic mass is 10.1. The summed E-state index contributed by atoms with van der Waals surface area (Å²) in [6.07, 6.45) is 2.45. The van der Waals surface area contributed by atoms with E-state index in [1.165, 1.54) is 21.4 Å². The van der Waals surface area contributed by atoms with E-state index in [9.17, 15) is 22.8 Å². The fourth-order valence-electron chi connectivity index (χ4n) is 3.84. The first-order chi connectivity index (χ1) is 14.9. The predicted molar refractivity (Wildman–Crippen MR) is 107 cm³/mol. The standard InChI is InChI=1S/C22H21F3N4O2/c23-16-5-3-4-14(10-16)13-28-22(31)29-19(6-1-2-7-20(29)27-28)21(30)26-12-15-11-17(24)8-9-18(15)25/h3-5,8-11,19H,1-2,6-7,12-13H2,(H,26,30). The Morgan fingerprint density at radius 1 is 1.10 bits per heavy atom. The average Bonchev–Trinajstić information content (AvgIpc) is 2.91. The van der Waals surface area contributed by atoms with Crippen molar-refractivity contribution >= 4 is 5.91 Å². The molecule has 2 heterocycles. The number of hydrogen-bond donors (Lipinski definition) is 1. The average molecular weight is 430 g/mol. The molecule has 0 bridgehead atoms. The van der Waals surface area contributed by atoms with E-state index in [1.807, 2.05) is 0 Å². The zero-order chi connectivity index (χ0) is 22.0. The first-order valence-electron chi connectivity index (χ1n) is 10.1. The van der Waals surface area contributed by atoms with Crippen molar-refractivity contribution in [2.45, 2.75) is 44.8 Å². The molecule has 9 heteroatoms. The molecule has 4 rings (SSSR count). The summed E-state index contributed by atoms with van der Waals surface area (Å²) >= 11 is 0. The molecule has 1 atom stereocenters. The summed E-state index contributed by atoms with van der Waals surface area (Å²) in [7, 11) is 0. The number of hydrogen-bond acceptors (Lipinski definition) is 3. The van der Waals surface area contributed by atoms with Gasteiger partial charge in [-0.3, -0.25) is 9.36 Å². The van der Waals surface area contributed by atoms with Crippen LogP contribution in [0.15, 0.2) is 47.3 Å². The normalized spacial score (nSPS) is 15.9. The van der Waals surface area contributed by atoms with Crippen molar-refractivity contribution in [2.75, 3.05) is 0 Å². The third kappa shape index (κ3) is 4.55. The minimum absolute atomic E-state index is 0.0244. The van der Waals surface area contributed by atoms with Gasteiger partial charge in [0.2, 0.25) is 5.91 Å². The number of benzene rings is 2. The van der Waals surface area contributed by atoms with Gasteiger partial charge in [-0.2, -0.15) is 5.10 Å². The summed E-state index contributed by atoms with van der Waals surface area (Å²) < 4.78 is 43.3. The van der Waals surface area contributed by atoms with Crippen LogP contribution in [0.2, 0.25) is 0 Å². The second-order valence-electron chi connectivity index (χ2n) is 7.57. The molecule has 31 heavy (non-hydrogen) atoms. The highest BCUT2D eigenvalue weighted by atomic mass is 19.1. The Balaban J connectivity index is 1.57. The molecule has 6 nitrogen and oxygen atoms in total. The molecule has 1 amide bonds. The van der Waals surface area contributed by atoms with Crippen LogP contribution in [-0.2, 0) is 24.3 Å². The van der Waals surface area contributed by atoms with Gasteiger partial charge in [0.05, 0.1) is 6.54 Å². The first-order valence-corrected chi connectivity index (χ1v) is 10.1.